The number of anilines is 1. The molecule has 0 saturated carbocycles. The van der Waals surface area contributed by atoms with Crippen molar-refractivity contribution >= 4 is 17.4 Å². The lowest BCUT2D eigenvalue weighted by Crippen LogP contribution is -1.95. The van der Waals surface area contributed by atoms with Gasteiger partial charge in [-0.15, -0.1) is 0 Å². The van der Waals surface area contributed by atoms with Crippen LogP contribution in [0.4, 0.5) is 5.69 Å². The summed E-state index contributed by atoms with van der Waals surface area (Å²) in [4.78, 5) is 2.17. The summed E-state index contributed by atoms with van der Waals surface area (Å²) < 4.78 is 10.6. The normalized spacial score (nSPS) is 10.4. The van der Waals surface area contributed by atoms with E-state index < -0.39 is 0 Å². The first kappa shape index (κ1) is 14.6. The maximum atomic E-state index is 6.10. The molecule has 0 aliphatic rings. The van der Waals surface area contributed by atoms with E-state index in [0.29, 0.717) is 17.2 Å². The SMILES string of the molecule is COc1cc(N)c(Sc2cc(C)ccc2C)cc1OC. The predicted molar refractivity (Wildman–Crippen MR) is 84.0 cm³/mol. The lowest BCUT2D eigenvalue weighted by atomic mass is 10.2. The molecule has 3 nitrogen and oxygen atoms in total. The Morgan fingerprint density at radius 1 is 0.900 bits per heavy atom. The highest BCUT2D eigenvalue weighted by Gasteiger charge is 2.11. The molecule has 0 bridgehead atoms. The Balaban J connectivity index is 2.40. The van der Waals surface area contributed by atoms with E-state index in [2.05, 4.69) is 32.0 Å². The molecule has 0 aliphatic heterocycles. The average Bonchev–Trinajstić information content (AvgIpc) is 2.44. The van der Waals surface area contributed by atoms with Crippen LogP contribution in [0.25, 0.3) is 0 Å². The first-order chi connectivity index (χ1) is 9.55. The molecule has 20 heavy (non-hydrogen) atoms. The fraction of sp³-hybridized carbons (Fsp3) is 0.250. The molecule has 0 atom stereocenters. The minimum absolute atomic E-state index is 0.648. The van der Waals surface area contributed by atoms with Crippen molar-refractivity contribution in [2.24, 2.45) is 0 Å². The number of nitrogen functional groups attached to an aromatic ring is 1. The summed E-state index contributed by atoms with van der Waals surface area (Å²) in [7, 11) is 3.23. The molecule has 2 N–H and O–H groups in total. The van der Waals surface area contributed by atoms with Gasteiger partial charge in [-0.1, -0.05) is 23.9 Å². The molecule has 2 rings (SSSR count). The highest BCUT2D eigenvalue weighted by Crippen LogP contribution is 2.40. The van der Waals surface area contributed by atoms with Gasteiger partial charge < -0.3 is 15.2 Å². The smallest absolute Gasteiger partial charge is 0.162 e. The second-order valence-electron chi connectivity index (χ2n) is 4.62. The third-order valence-corrected chi connectivity index (χ3v) is 4.31. The molecular weight excluding hydrogens is 270 g/mol. The van der Waals surface area contributed by atoms with Gasteiger partial charge in [0.1, 0.15) is 0 Å². The Morgan fingerprint density at radius 3 is 2.20 bits per heavy atom. The Bertz CT molecular complexity index is 626. The zero-order valence-corrected chi connectivity index (χ0v) is 13.0. The highest BCUT2D eigenvalue weighted by molar-refractivity contribution is 7.99. The molecule has 0 heterocycles. The molecule has 0 amide bonds. The number of benzene rings is 2. The first-order valence-electron chi connectivity index (χ1n) is 6.31. The summed E-state index contributed by atoms with van der Waals surface area (Å²) >= 11 is 1.64. The molecule has 0 aliphatic carbocycles. The van der Waals surface area contributed by atoms with Crippen LogP contribution in [0.15, 0.2) is 40.1 Å². The summed E-state index contributed by atoms with van der Waals surface area (Å²) in [5.74, 6) is 1.34. The molecular formula is C16H19NO2S. The van der Waals surface area contributed by atoms with Crippen LogP contribution >= 0.6 is 11.8 Å². The van der Waals surface area contributed by atoms with Crippen molar-refractivity contribution in [3.8, 4) is 11.5 Å². The monoisotopic (exact) mass is 289 g/mol. The summed E-state index contributed by atoms with van der Waals surface area (Å²) in [5.41, 5.74) is 9.25. The van der Waals surface area contributed by atoms with Gasteiger partial charge in [0.25, 0.3) is 0 Å². The highest BCUT2D eigenvalue weighted by atomic mass is 32.2. The minimum atomic E-state index is 0.648. The predicted octanol–water partition coefficient (Wildman–Crippen LogP) is 4.05. The van der Waals surface area contributed by atoms with E-state index in [1.807, 2.05) is 6.07 Å². The van der Waals surface area contributed by atoms with Crippen LogP contribution in [0.2, 0.25) is 0 Å². The number of aryl methyl sites for hydroxylation is 2. The molecule has 2 aromatic rings. The van der Waals surface area contributed by atoms with E-state index in [4.69, 9.17) is 15.2 Å². The summed E-state index contributed by atoms with van der Waals surface area (Å²) in [6.45, 7) is 4.18. The topological polar surface area (TPSA) is 44.5 Å². The van der Waals surface area contributed by atoms with Gasteiger partial charge in [-0.05, 0) is 37.1 Å². The lowest BCUT2D eigenvalue weighted by Gasteiger charge is -2.13. The van der Waals surface area contributed by atoms with Gasteiger partial charge in [-0.3, -0.25) is 0 Å². The zero-order chi connectivity index (χ0) is 14.7. The number of rotatable bonds is 4. The Hall–Kier alpha value is -1.81. The van der Waals surface area contributed by atoms with Crippen LogP contribution in [-0.2, 0) is 0 Å². The summed E-state index contributed by atoms with van der Waals surface area (Å²) in [6.07, 6.45) is 0. The second-order valence-corrected chi connectivity index (χ2v) is 5.70. The molecule has 0 saturated heterocycles. The van der Waals surface area contributed by atoms with Crippen LogP contribution in [0.3, 0.4) is 0 Å². The van der Waals surface area contributed by atoms with Gasteiger partial charge in [-0.25, -0.2) is 0 Å². The van der Waals surface area contributed by atoms with E-state index in [1.54, 1.807) is 32.0 Å². The standard InChI is InChI=1S/C16H19NO2S/c1-10-5-6-11(2)15(7-10)20-16-9-14(19-4)13(18-3)8-12(16)17/h5-9H,17H2,1-4H3. The van der Waals surface area contributed by atoms with Crippen LogP contribution in [0.1, 0.15) is 11.1 Å². The average molecular weight is 289 g/mol. The van der Waals surface area contributed by atoms with Gasteiger partial charge >= 0.3 is 0 Å². The maximum Gasteiger partial charge on any atom is 0.162 e. The molecule has 0 aromatic heterocycles. The van der Waals surface area contributed by atoms with Crippen LogP contribution in [0, 0.1) is 13.8 Å². The van der Waals surface area contributed by atoms with Crippen molar-refractivity contribution in [2.75, 3.05) is 20.0 Å². The van der Waals surface area contributed by atoms with E-state index in [0.717, 1.165) is 4.90 Å². The quantitative estimate of drug-likeness (QED) is 0.862. The molecule has 4 heteroatoms. The fourth-order valence-electron chi connectivity index (χ4n) is 1.90. The van der Waals surface area contributed by atoms with E-state index >= 15 is 0 Å². The zero-order valence-electron chi connectivity index (χ0n) is 12.2. The summed E-state index contributed by atoms with van der Waals surface area (Å²) in [6, 6.07) is 10.1. The van der Waals surface area contributed by atoms with Gasteiger partial charge in [0.15, 0.2) is 11.5 Å². The van der Waals surface area contributed by atoms with E-state index in [-0.39, 0.29) is 0 Å². The van der Waals surface area contributed by atoms with E-state index in [1.165, 1.54) is 16.0 Å². The third-order valence-electron chi connectivity index (χ3n) is 3.08. The Kier molecular flexibility index (Phi) is 4.45. The third kappa shape index (κ3) is 3.02. The van der Waals surface area contributed by atoms with Crippen LogP contribution in [-0.4, -0.2) is 14.2 Å². The Morgan fingerprint density at radius 2 is 1.55 bits per heavy atom. The van der Waals surface area contributed by atoms with Gasteiger partial charge in [0.2, 0.25) is 0 Å². The second kappa shape index (κ2) is 6.09. The number of hydrogen-bond donors (Lipinski definition) is 1. The van der Waals surface area contributed by atoms with Gasteiger partial charge in [0, 0.05) is 21.5 Å². The number of ether oxygens (including phenoxy) is 2. The number of hydrogen-bond acceptors (Lipinski definition) is 4. The molecule has 106 valence electrons. The Labute approximate surface area is 124 Å². The van der Waals surface area contributed by atoms with Crippen LogP contribution < -0.4 is 15.2 Å². The number of methoxy groups -OCH3 is 2. The van der Waals surface area contributed by atoms with Crippen molar-refractivity contribution in [2.45, 2.75) is 23.6 Å². The lowest BCUT2D eigenvalue weighted by molar-refractivity contribution is 0.354. The van der Waals surface area contributed by atoms with Crippen molar-refractivity contribution in [1.29, 1.82) is 0 Å². The van der Waals surface area contributed by atoms with E-state index in [9.17, 15) is 0 Å². The molecule has 2 aromatic carbocycles. The maximum absolute atomic E-state index is 6.10. The van der Waals surface area contributed by atoms with Crippen molar-refractivity contribution in [3.63, 3.8) is 0 Å². The van der Waals surface area contributed by atoms with Crippen molar-refractivity contribution < 1.29 is 9.47 Å². The minimum Gasteiger partial charge on any atom is -0.493 e. The van der Waals surface area contributed by atoms with Crippen molar-refractivity contribution in [1.82, 2.24) is 0 Å². The molecule has 0 radical (unpaired) electrons. The summed E-state index contributed by atoms with van der Waals surface area (Å²) in [5, 5.41) is 0. The molecule has 0 spiro atoms. The number of nitrogens with two attached hydrogens (primary N) is 1. The largest absolute Gasteiger partial charge is 0.493 e. The van der Waals surface area contributed by atoms with Crippen LogP contribution in [0.5, 0.6) is 11.5 Å². The van der Waals surface area contributed by atoms with Crippen molar-refractivity contribution in [3.05, 3.63) is 41.5 Å². The van der Waals surface area contributed by atoms with Gasteiger partial charge in [-0.2, -0.15) is 0 Å². The fourth-order valence-corrected chi connectivity index (χ4v) is 2.95. The first-order valence-corrected chi connectivity index (χ1v) is 7.13. The van der Waals surface area contributed by atoms with Gasteiger partial charge in [0.05, 0.1) is 14.2 Å². The molecule has 0 fully saturated rings. The molecule has 0 unspecified atom stereocenters.